The summed E-state index contributed by atoms with van der Waals surface area (Å²) in [6.07, 6.45) is 8.19. The van der Waals surface area contributed by atoms with Gasteiger partial charge in [0.15, 0.2) is 23.0 Å². The summed E-state index contributed by atoms with van der Waals surface area (Å²) in [5, 5.41) is 57.3. The number of aliphatic hydroxyl groups excluding tert-OH is 2. The van der Waals surface area contributed by atoms with Crippen molar-refractivity contribution in [3.05, 3.63) is 53.6 Å². The number of aryl methyl sites for hydroxylation is 1. The minimum atomic E-state index is -0.768. The molecule has 1 heterocycles. The molecular formula is C40H73N3O9S2. The van der Waals surface area contributed by atoms with Crippen molar-refractivity contribution in [2.75, 3.05) is 45.3 Å². The van der Waals surface area contributed by atoms with Crippen LogP contribution in [0.3, 0.4) is 0 Å². The van der Waals surface area contributed by atoms with E-state index in [-0.39, 0.29) is 61.7 Å². The van der Waals surface area contributed by atoms with Gasteiger partial charge in [0, 0.05) is 38.4 Å². The molecule has 0 aromatic heterocycles. The maximum absolute atomic E-state index is 12.2. The highest BCUT2D eigenvalue weighted by molar-refractivity contribution is 7.79. The SMILES string of the molecule is C.CC.CC.CC.CS.CS.O=C(/C=C/c1ccc(O)c(O)c1)NCCCCNCCCNC(=O)CCc1ccc(OC2CC(O)C[C@@H](CO)O2)c(O)c1. The van der Waals surface area contributed by atoms with E-state index in [0.717, 1.165) is 37.9 Å². The molecule has 2 amide bonds. The Bertz CT molecular complexity index is 1220. The van der Waals surface area contributed by atoms with Crippen LogP contribution >= 0.6 is 25.3 Å². The first-order chi connectivity index (χ1) is 25.7. The number of hydrogen-bond acceptors (Lipinski definition) is 12. The van der Waals surface area contributed by atoms with E-state index in [4.69, 9.17) is 9.47 Å². The number of benzene rings is 2. The topological polar surface area (TPSA) is 190 Å². The third kappa shape index (κ3) is 27.4. The normalized spacial score (nSPS) is 15.2. The third-order valence-corrected chi connectivity index (χ3v) is 6.83. The van der Waals surface area contributed by atoms with Crippen molar-refractivity contribution >= 4 is 43.1 Å². The minimum absolute atomic E-state index is 0. The Morgan fingerprint density at radius 2 is 1.43 bits per heavy atom. The van der Waals surface area contributed by atoms with Gasteiger partial charge in [0.05, 0.1) is 18.8 Å². The van der Waals surface area contributed by atoms with Gasteiger partial charge in [-0.15, -0.1) is 0 Å². The summed E-state index contributed by atoms with van der Waals surface area (Å²) in [5.74, 6) is -0.632. The summed E-state index contributed by atoms with van der Waals surface area (Å²) in [4.78, 5) is 24.1. The molecule has 0 bridgehead atoms. The Kier molecular flexibility index (Phi) is 42.2. The van der Waals surface area contributed by atoms with Gasteiger partial charge in [-0.05, 0) is 92.8 Å². The van der Waals surface area contributed by atoms with Crippen LogP contribution in [-0.4, -0.2) is 101 Å². The maximum atomic E-state index is 12.2. The summed E-state index contributed by atoms with van der Waals surface area (Å²) >= 11 is 7.06. The largest absolute Gasteiger partial charge is 0.504 e. The fraction of sp³-hybridized carbons (Fsp3) is 0.600. The van der Waals surface area contributed by atoms with E-state index in [9.17, 15) is 35.1 Å². The number of carbonyl (C=O) groups is 2. The number of hydrogen-bond donors (Lipinski definition) is 10. The van der Waals surface area contributed by atoms with Crippen LogP contribution < -0.4 is 20.7 Å². The van der Waals surface area contributed by atoms with E-state index in [1.807, 2.05) is 41.5 Å². The first-order valence-electron chi connectivity index (χ1n) is 18.5. The first-order valence-corrected chi connectivity index (χ1v) is 20.3. The van der Waals surface area contributed by atoms with Crippen LogP contribution in [0.5, 0.6) is 23.0 Å². The van der Waals surface area contributed by atoms with Gasteiger partial charge in [-0.3, -0.25) is 9.59 Å². The van der Waals surface area contributed by atoms with Gasteiger partial charge < -0.3 is 51.0 Å². The molecule has 1 fully saturated rings. The van der Waals surface area contributed by atoms with Crippen LogP contribution in [0.2, 0.25) is 0 Å². The number of ether oxygens (including phenoxy) is 2. The molecule has 12 nitrogen and oxygen atoms in total. The fourth-order valence-corrected chi connectivity index (χ4v) is 4.47. The molecule has 2 aromatic carbocycles. The molecule has 314 valence electrons. The number of aliphatic hydroxyl groups is 2. The van der Waals surface area contributed by atoms with Gasteiger partial charge in [0.2, 0.25) is 18.1 Å². The Labute approximate surface area is 337 Å². The number of thiol groups is 2. The standard InChI is InChI=1S/C31H43N3O9.3C2H6.2CH4S.CH4/c35-20-24-18-23(36)19-31(42-24)43-28-9-5-22(17-27(28)39)7-11-30(41)34-15-3-13-32-12-1-2-14-33-29(40)10-6-21-4-8-25(37)26(38)16-21;5*1-2;/h4-6,8-10,16-17,23-24,31-32,35-39H,1-3,7,11-15,18-20H2,(H,33,40)(H,34,41);3*1-2H3;2*2H,1H3;1H4/b10-6+;;;;;;/t23?,24-,31?;;;;;;/m0....../s1. The van der Waals surface area contributed by atoms with Crippen molar-refractivity contribution < 1.29 is 44.6 Å². The van der Waals surface area contributed by atoms with Gasteiger partial charge >= 0.3 is 0 Å². The average molecular weight is 804 g/mol. The Hall–Kier alpha value is -3.14. The van der Waals surface area contributed by atoms with Gasteiger partial charge in [0.25, 0.3) is 0 Å². The van der Waals surface area contributed by atoms with Gasteiger partial charge in [-0.25, -0.2) is 0 Å². The van der Waals surface area contributed by atoms with Crippen molar-refractivity contribution in [1.29, 1.82) is 0 Å². The van der Waals surface area contributed by atoms with Crippen LogP contribution in [0.15, 0.2) is 42.5 Å². The predicted octanol–water partition coefficient (Wildman–Crippen LogP) is 6.49. The molecule has 1 saturated heterocycles. The molecule has 1 aliphatic heterocycles. The zero-order valence-corrected chi connectivity index (χ0v) is 34.9. The second-order valence-electron chi connectivity index (χ2n) is 10.4. The Morgan fingerprint density at radius 1 is 0.815 bits per heavy atom. The number of rotatable bonds is 17. The van der Waals surface area contributed by atoms with Crippen molar-refractivity contribution in [3.8, 4) is 23.0 Å². The number of phenols is 3. The average Bonchev–Trinajstić information content (AvgIpc) is 3.19. The number of aromatic hydroxyl groups is 3. The highest BCUT2D eigenvalue weighted by Crippen LogP contribution is 2.31. The monoisotopic (exact) mass is 803 g/mol. The molecule has 2 aromatic rings. The highest BCUT2D eigenvalue weighted by atomic mass is 32.1. The molecule has 0 radical (unpaired) electrons. The molecular weight excluding hydrogens is 731 g/mol. The fourth-order valence-electron chi connectivity index (χ4n) is 4.47. The maximum Gasteiger partial charge on any atom is 0.243 e. The second kappa shape index (κ2) is 39.6. The lowest BCUT2D eigenvalue weighted by molar-refractivity contribution is -0.185. The summed E-state index contributed by atoms with van der Waals surface area (Å²) in [6, 6.07) is 9.24. The lowest BCUT2D eigenvalue weighted by Gasteiger charge is -2.32. The molecule has 2 unspecified atom stereocenters. The minimum Gasteiger partial charge on any atom is -0.504 e. The zero-order chi connectivity index (χ0) is 41.0. The van der Waals surface area contributed by atoms with Crippen molar-refractivity contribution in [2.45, 2.75) is 112 Å². The molecule has 1 aliphatic rings. The van der Waals surface area contributed by atoms with Crippen molar-refractivity contribution in [3.63, 3.8) is 0 Å². The quantitative estimate of drug-likeness (QED) is 0.0367. The van der Waals surface area contributed by atoms with E-state index < -0.39 is 18.5 Å². The highest BCUT2D eigenvalue weighted by Gasteiger charge is 2.29. The molecule has 14 heteroatoms. The summed E-state index contributed by atoms with van der Waals surface area (Å²) in [6.45, 7) is 14.4. The van der Waals surface area contributed by atoms with Gasteiger partial charge in [0.1, 0.15) is 0 Å². The summed E-state index contributed by atoms with van der Waals surface area (Å²) < 4.78 is 11.2. The lowest BCUT2D eigenvalue weighted by Crippen LogP contribution is -2.40. The van der Waals surface area contributed by atoms with Gasteiger partial charge in [-0.2, -0.15) is 25.3 Å². The molecule has 0 saturated carbocycles. The number of phenolic OH excluding ortho intramolecular Hbond substituents is 3. The first kappa shape index (κ1) is 57.6. The van der Waals surface area contributed by atoms with Crippen LogP contribution in [0, 0.1) is 0 Å². The number of nitrogens with one attached hydrogen (secondary N) is 3. The van der Waals surface area contributed by atoms with E-state index in [1.54, 1.807) is 42.9 Å². The van der Waals surface area contributed by atoms with Crippen LogP contribution in [0.4, 0.5) is 0 Å². The Morgan fingerprint density at radius 3 is 2.04 bits per heavy atom. The third-order valence-electron chi connectivity index (χ3n) is 6.83. The molecule has 3 atom stereocenters. The van der Waals surface area contributed by atoms with E-state index >= 15 is 0 Å². The smallest absolute Gasteiger partial charge is 0.243 e. The van der Waals surface area contributed by atoms with Crippen LogP contribution in [0.1, 0.15) is 98.6 Å². The predicted molar refractivity (Wildman–Crippen MR) is 230 cm³/mol. The van der Waals surface area contributed by atoms with Crippen molar-refractivity contribution in [2.24, 2.45) is 0 Å². The molecule has 3 rings (SSSR count). The van der Waals surface area contributed by atoms with Crippen molar-refractivity contribution in [1.82, 2.24) is 16.0 Å². The zero-order valence-electron chi connectivity index (χ0n) is 33.1. The van der Waals surface area contributed by atoms with Gasteiger partial charge in [-0.1, -0.05) is 61.1 Å². The number of unbranched alkanes of at least 4 members (excludes halogenated alkanes) is 1. The number of carbonyl (C=O) groups excluding carboxylic acids is 2. The molecule has 0 spiro atoms. The van der Waals surface area contributed by atoms with E-state index in [1.165, 1.54) is 18.2 Å². The lowest BCUT2D eigenvalue weighted by atomic mass is 10.1. The molecule has 8 N–H and O–H groups in total. The Balaban J connectivity index is -0.00000105. The van der Waals surface area contributed by atoms with Crippen LogP contribution in [-0.2, 0) is 20.7 Å². The number of amides is 2. The summed E-state index contributed by atoms with van der Waals surface area (Å²) in [7, 11) is 0. The molecule has 0 aliphatic carbocycles. The second-order valence-corrected chi connectivity index (χ2v) is 10.4. The summed E-state index contributed by atoms with van der Waals surface area (Å²) in [5.41, 5.74) is 1.39. The van der Waals surface area contributed by atoms with Crippen LogP contribution in [0.25, 0.3) is 6.08 Å². The van der Waals surface area contributed by atoms with E-state index in [2.05, 4.69) is 41.2 Å². The molecule has 54 heavy (non-hydrogen) atoms. The van der Waals surface area contributed by atoms with E-state index in [0.29, 0.717) is 31.5 Å².